The molecular weight excluding hydrogens is 228 g/mol. The number of ether oxygens (including phenoxy) is 1. The van der Waals surface area contributed by atoms with Crippen LogP contribution < -0.4 is 5.73 Å². The smallest absolute Gasteiger partial charge is 0.223 e. The maximum atomic E-state index is 9.87. The van der Waals surface area contributed by atoms with E-state index in [-0.39, 0.29) is 11.8 Å². The minimum atomic E-state index is -2.09. The van der Waals surface area contributed by atoms with Gasteiger partial charge in [-0.05, 0) is 0 Å². The zero-order valence-corrected chi connectivity index (χ0v) is 8.82. The monoisotopic (exact) mass is 244 g/mol. The van der Waals surface area contributed by atoms with Gasteiger partial charge < -0.3 is 25.8 Å². The van der Waals surface area contributed by atoms with E-state index >= 15 is 0 Å². The molecule has 17 heavy (non-hydrogen) atoms. The second-order valence-corrected chi connectivity index (χ2v) is 3.54. The molecule has 0 bridgehead atoms. The van der Waals surface area contributed by atoms with E-state index in [1.807, 2.05) is 0 Å². The average Bonchev–Trinajstić information content (AvgIpc) is 2.54. The molecule has 0 saturated carbocycles. The van der Waals surface area contributed by atoms with Gasteiger partial charge in [-0.15, -0.1) is 0 Å². The van der Waals surface area contributed by atoms with Gasteiger partial charge in [0, 0.05) is 0 Å². The van der Waals surface area contributed by atoms with Crippen molar-refractivity contribution in [1.82, 2.24) is 4.90 Å². The van der Waals surface area contributed by atoms with E-state index in [1.165, 1.54) is 0 Å². The highest BCUT2D eigenvalue weighted by Crippen LogP contribution is 2.26. The fourth-order valence-corrected chi connectivity index (χ4v) is 1.55. The summed E-state index contributed by atoms with van der Waals surface area (Å²) in [4.78, 5) is 8.27. The molecule has 1 unspecified atom stereocenters. The Kier molecular flexibility index (Phi) is 2.48. The Morgan fingerprint density at radius 2 is 2.35 bits per heavy atom. The van der Waals surface area contributed by atoms with Crippen molar-refractivity contribution in [3.05, 3.63) is 12.4 Å². The van der Waals surface area contributed by atoms with Gasteiger partial charge in [-0.3, -0.25) is 4.90 Å². The van der Waals surface area contributed by atoms with Gasteiger partial charge in [-0.1, -0.05) is 6.58 Å². The predicted molar refractivity (Wildman–Crippen MR) is 58.9 cm³/mol. The van der Waals surface area contributed by atoms with Crippen LogP contribution in [0.15, 0.2) is 22.4 Å². The molecule has 1 saturated heterocycles. The SMILES string of the molecule is [2H]C1=NC(N)=NC(=C)N1[C@@H]1O[C@]([2H])(CO)[C@H](O)C1O. The van der Waals surface area contributed by atoms with Gasteiger partial charge in [0.05, 0.1) is 7.98 Å². The molecule has 8 nitrogen and oxygen atoms in total. The third kappa shape index (κ3) is 2.03. The quantitative estimate of drug-likeness (QED) is 0.427. The molecule has 4 atom stereocenters. The van der Waals surface area contributed by atoms with Crippen LogP contribution in [0.25, 0.3) is 0 Å². The highest BCUT2D eigenvalue weighted by atomic mass is 16.6. The molecule has 0 radical (unpaired) electrons. The van der Waals surface area contributed by atoms with Crippen LogP contribution in [-0.4, -0.2) is 63.6 Å². The number of aliphatic hydroxyl groups is 3. The standard InChI is InChI=1S/C9H14N4O4/c1-4-12-9(10)11-3-13(4)8-7(16)6(15)5(2-14)17-8/h3,5-8,14-16H,1-2H2,(H2,10,12)/t5-,6+,7?,8-/m1/s1/i3D,5D. The molecule has 2 rings (SSSR count). The largest absolute Gasteiger partial charge is 0.394 e. The second-order valence-electron chi connectivity index (χ2n) is 3.54. The van der Waals surface area contributed by atoms with E-state index < -0.39 is 37.4 Å². The molecule has 0 aromatic carbocycles. The van der Waals surface area contributed by atoms with E-state index in [0.29, 0.717) is 0 Å². The maximum Gasteiger partial charge on any atom is 0.223 e. The summed E-state index contributed by atoms with van der Waals surface area (Å²) in [6.07, 6.45) is -6.97. The fraction of sp³-hybridized carbons (Fsp3) is 0.556. The highest BCUT2D eigenvalue weighted by Gasteiger charge is 2.45. The molecule has 2 heterocycles. The van der Waals surface area contributed by atoms with Crippen LogP contribution >= 0.6 is 0 Å². The van der Waals surface area contributed by atoms with E-state index in [1.54, 1.807) is 0 Å². The molecule has 0 spiro atoms. The molecule has 0 aromatic rings. The Morgan fingerprint density at radius 1 is 1.65 bits per heavy atom. The number of rotatable bonds is 2. The second kappa shape index (κ2) is 4.41. The molecular formula is C9H14N4O4. The third-order valence-corrected chi connectivity index (χ3v) is 2.42. The van der Waals surface area contributed by atoms with Crippen molar-refractivity contribution < 1.29 is 22.8 Å². The molecule has 94 valence electrons. The van der Waals surface area contributed by atoms with Crippen LogP contribution in [-0.2, 0) is 4.74 Å². The van der Waals surface area contributed by atoms with E-state index in [2.05, 4.69) is 16.6 Å². The van der Waals surface area contributed by atoms with E-state index in [4.69, 9.17) is 18.3 Å². The van der Waals surface area contributed by atoms with Crippen molar-refractivity contribution in [2.75, 3.05) is 6.61 Å². The Balaban J connectivity index is 2.29. The Labute approximate surface area is 100 Å². The summed E-state index contributed by atoms with van der Waals surface area (Å²) in [5, 5.41) is 28.6. The number of amidine groups is 1. The lowest BCUT2D eigenvalue weighted by Crippen LogP contribution is -2.44. The van der Waals surface area contributed by atoms with Gasteiger partial charge in [0.1, 0.15) is 31.8 Å². The molecule has 1 fully saturated rings. The van der Waals surface area contributed by atoms with Gasteiger partial charge in [-0.25, -0.2) is 4.99 Å². The Bertz CT molecular complexity index is 471. The summed E-state index contributed by atoms with van der Waals surface area (Å²) >= 11 is 0. The number of nitrogens with zero attached hydrogens (tertiary/aromatic N) is 3. The molecule has 5 N–H and O–H groups in total. The summed E-state index contributed by atoms with van der Waals surface area (Å²) < 4.78 is 20.4. The van der Waals surface area contributed by atoms with Crippen molar-refractivity contribution in [1.29, 1.82) is 0 Å². The summed E-state index contributed by atoms with van der Waals surface area (Å²) in [5.74, 6) is -0.186. The molecule has 0 aliphatic carbocycles. The van der Waals surface area contributed by atoms with Gasteiger partial charge >= 0.3 is 0 Å². The van der Waals surface area contributed by atoms with Crippen LogP contribution in [0, 0.1) is 0 Å². The molecule has 0 aromatic heterocycles. The first-order valence-electron chi connectivity index (χ1n) is 5.82. The first-order chi connectivity index (χ1) is 8.80. The number of aliphatic imine (C=N–C) groups is 2. The molecule has 2 aliphatic rings. The van der Waals surface area contributed by atoms with Crippen LogP contribution in [0.4, 0.5) is 0 Å². The molecule has 2 aliphatic heterocycles. The van der Waals surface area contributed by atoms with Crippen molar-refractivity contribution in [2.24, 2.45) is 15.7 Å². The highest BCUT2D eigenvalue weighted by molar-refractivity contribution is 5.89. The zero-order chi connectivity index (χ0) is 14.4. The van der Waals surface area contributed by atoms with Gasteiger partial charge in [0.25, 0.3) is 0 Å². The number of hydrogen-bond donors (Lipinski definition) is 4. The van der Waals surface area contributed by atoms with Gasteiger partial charge in [-0.2, -0.15) is 4.99 Å². The number of guanidine groups is 1. The lowest BCUT2D eigenvalue weighted by atomic mass is 10.1. The van der Waals surface area contributed by atoms with Crippen LogP contribution in [0.5, 0.6) is 0 Å². The fourth-order valence-electron chi connectivity index (χ4n) is 1.55. The van der Waals surface area contributed by atoms with Crippen LogP contribution in [0.1, 0.15) is 2.74 Å². The zero-order valence-electron chi connectivity index (χ0n) is 10.8. The minimum absolute atomic E-state index is 0.0176. The topological polar surface area (TPSA) is 124 Å². The number of aliphatic hydroxyl groups excluding tert-OH is 3. The minimum Gasteiger partial charge on any atom is -0.394 e. The van der Waals surface area contributed by atoms with Crippen molar-refractivity contribution in [3.8, 4) is 0 Å². The average molecular weight is 244 g/mol. The summed E-state index contributed by atoms with van der Waals surface area (Å²) in [6.45, 7) is 2.71. The van der Waals surface area contributed by atoms with Gasteiger partial charge in [0.2, 0.25) is 5.96 Å². The molecule has 8 heteroatoms. The first kappa shape index (κ1) is 9.54. The summed E-state index contributed by atoms with van der Waals surface area (Å²) in [5.41, 5.74) is 5.34. The van der Waals surface area contributed by atoms with Crippen molar-refractivity contribution in [3.63, 3.8) is 0 Å². The Hall–Kier alpha value is -1.48. The predicted octanol–water partition coefficient (Wildman–Crippen LogP) is -2.44. The lowest BCUT2D eigenvalue weighted by molar-refractivity contribution is -0.0607. The number of nitrogens with two attached hydrogens (primary N) is 1. The van der Waals surface area contributed by atoms with Crippen molar-refractivity contribution >= 4 is 12.3 Å². The van der Waals surface area contributed by atoms with Gasteiger partial charge in [0.15, 0.2) is 6.23 Å². The number of hydrogen-bond acceptors (Lipinski definition) is 8. The third-order valence-electron chi connectivity index (χ3n) is 2.42. The van der Waals surface area contributed by atoms with E-state index in [9.17, 15) is 10.2 Å². The van der Waals surface area contributed by atoms with Crippen LogP contribution in [0.3, 0.4) is 0 Å². The molecule has 0 amide bonds. The normalized spacial score (nSPS) is 44.1. The summed E-state index contributed by atoms with van der Waals surface area (Å²) in [7, 11) is 0. The summed E-state index contributed by atoms with van der Waals surface area (Å²) in [6, 6.07) is 0. The lowest BCUT2D eigenvalue weighted by Gasteiger charge is -2.29. The van der Waals surface area contributed by atoms with Crippen LogP contribution in [0.2, 0.25) is 0 Å². The van der Waals surface area contributed by atoms with E-state index in [0.717, 1.165) is 4.90 Å². The maximum absolute atomic E-state index is 9.87. The Morgan fingerprint density at radius 3 is 2.88 bits per heavy atom. The first-order valence-corrected chi connectivity index (χ1v) is 4.82. The van der Waals surface area contributed by atoms with Crippen molar-refractivity contribution in [2.45, 2.75) is 24.5 Å².